The average molecular weight is 139 g/mol. The molecule has 0 rings (SSSR count). The van der Waals surface area contributed by atoms with E-state index in [1.165, 1.54) is 0 Å². The van der Waals surface area contributed by atoms with Crippen LogP contribution in [0.1, 0.15) is 26.7 Å². The Morgan fingerprint density at radius 3 is 2.11 bits per heavy atom. The van der Waals surface area contributed by atoms with Gasteiger partial charge in [-0.1, -0.05) is 13.8 Å². The minimum Gasteiger partial charge on any atom is -0.550 e. The fraction of sp³-hybridized carbons (Fsp3) is 0.833. The van der Waals surface area contributed by atoms with E-state index in [1.54, 1.807) is 0 Å². The van der Waals surface area contributed by atoms with E-state index < -0.39 is 5.97 Å². The number of carbonyl (C=O) groups excluding carboxylic acids is 1. The summed E-state index contributed by atoms with van der Waals surface area (Å²) in [4.78, 5) is 9.79. The maximum Gasteiger partial charge on any atom is 1.00 e. The third kappa shape index (κ3) is 11.8. The smallest absolute Gasteiger partial charge is 0.550 e. The van der Waals surface area contributed by atoms with Gasteiger partial charge in [-0.2, -0.15) is 0 Å². The van der Waals surface area contributed by atoms with Crippen molar-refractivity contribution in [3.63, 3.8) is 0 Å². The summed E-state index contributed by atoms with van der Waals surface area (Å²) >= 11 is 0. The minimum atomic E-state index is -0.946. The number of hydrogen-bond donors (Lipinski definition) is 0. The fourth-order valence-electron chi connectivity index (χ4n) is 0.407. The van der Waals surface area contributed by atoms with Crippen LogP contribution in [0.15, 0.2) is 0 Å². The van der Waals surface area contributed by atoms with E-state index >= 15 is 0 Å². The molecule has 0 fully saturated rings. The molecule has 0 aliphatic carbocycles. The number of carboxylic acid groups (broad SMARTS) is 1. The first-order valence-corrected chi connectivity index (χ1v) is 2.82. The topological polar surface area (TPSA) is 40.1 Å². The predicted molar refractivity (Wildman–Crippen MR) is 29.1 cm³/mol. The SMILES string of the molecule is CC(C)CC[13C](=O)[O-].[Na+]. The molecule has 0 aliphatic rings. The molecular formula is C6H11NaO2. The van der Waals surface area contributed by atoms with Crippen LogP contribution >= 0.6 is 0 Å². The van der Waals surface area contributed by atoms with E-state index in [2.05, 4.69) is 0 Å². The Morgan fingerprint density at radius 2 is 2.00 bits per heavy atom. The molecule has 0 heterocycles. The van der Waals surface area contributed by atoms with Crippen molar-refractivity contribution in [1.29, 1.82) is 0 Å². The predicted octanol–water partition coefficient (Wildman–Crippen LogP) is -2.82. The Hall–Kier alpha value is 0.470. The summed E-state index contributed by atoms with van der Waals surface area (Å²) in [6.45, 7) is 3.98. The monoisotopic (exact) mass is 139 g/mol. The zero-order valence-electron chi connectivity index (χ0n) is 6.31. The number of carboxylic acids is 1. The molecule has 0 aromatic carbocycles. The van der Waals surface area contributed by atoms with Crippen molar-refractivity contribution in [1.82, 2.24) is 0 Å². The number of aliphatic carboxylic acids is 1. The molecule has 0 spiro atoms. The second-order valence-corrected chi connectivity index (χ2v) is 2.30. The fourth-order valence-corrected chi connectivity index (χ4v) is 0.407. The van der Waals surface area contributed by atoms with Crippen LogP contribution in [0.5, 0.6) is 0 Å². The molecule has 9 heavy (non-hydrogen) atoms. The van der Waals surface area contributed by atoms with E-state index in [9.17, 15) is 9.90 Å². The first kappa shape index (κ1) is 12.2. The van der Waals surface area contributed by atoms with Gasteiger partial charge in [-0.3, -0.25) is 0 Å². The van der Waals surface area contributed by atoms with Crippen LogP contribution in [-0.4, -0.2) is 5.97 Å². The van der Waals surface area contributed by atoms with Crippen LogP contribution in [0.25, 0.3) is 0 Å². The van der Waals surface area contributed by atoms with Gasteiger partial charge in [0.05, 0.1) is 0 Å². The summed E-state index contributed by atoms with van der Waals surface area (Å²) in [6, 6.07) is 0. The van der Waals surface area contributed by atoms with Crippen molar-refractivity contribution in [2.75, 3.05) is 0 Å². The van der Waals surface area contributed by atoms with Gasteiger partial charge in [0.25, 0.3) is 0 Å². The molecule has 0 aliphatic heterocycles. The van der Waals surface area contributed by atoms with Crippen molar-refractivity contribution in [2.24, 2.45) is 5.92 Å². The average Bonchev–Trinajstić information content (AvgIpc) is 1.61. The normalized spacial score (nSPS) is 8.78. The Kier molecular flexibility index (Phi) is 8.91. The number of rotatable bonds is 3. The Labute approximate surface area is 77.9 Å². The van der Waals surface area contributed by atoms with Crippen molar-refractivity contribution < 1.29 is 39.5 Å². The van der Waals surface area contributed by atoms with Crippen LogP contribution in [0, 0.1) is 5.92 Å². The maximum atomic E-state index is 9.79. The zero-order valence-corrected chi connectivity index (χ0v) is 8.31. The van der Waals surface area contributed by atoms with Crippen molar-refractivity contribution >= 4 is 5.97 Å². The standard InChI is InChI=1S/C6H12O2.Na/c1-5(2)3-4-6(7)8;/h5H,3-4H2,1-2H3,(H,7,8);/q;+1/p-1/i6+1;. The summed E-state index contributed by atoms with van der Waals surface area (Å²) < 4.78 is 0. The van der Waals surface area contributed by atoms with E-state index in [1.807, 2.05) is 13.8 Å². The van der Waals surface area contributed by atoms with Crippen molar-refractivity contribution in [3.05, 3.63) is 0 Å². The second kappa shape index (κ2) is 6.59. The first-order valence-electron chi connectivity index (χ1n) is 2.82. The van der Waals surface area contributed by atoms with E-state index in [4.69, 9.17) is 0 Å². The van der Waals surface area contributed by atoms with E-state index in [0.29, 0.717) is 5.92 Å². The minimum absolute atomic E-state index is 0. The van der Waals surface area contributed by atoms with Crippen LogP contribution < -0.4 is 34.7 Å². The summed E-state index contributed by atoms with van der Waals surface area (Å²) in [5.41, 5.74) is 0. The van der Waals surface area contributed by atoms with E-state index in [0.717, 1.165) is 6.42 Å². The largest absolute Gasteiger partial charge is 1.00 e. The zero-order chi connectivity index (χ0) is 6.57. The molecule has 0 saturated heterocycles. The molecular weight excluding hydrogens is 128 g/mol. The molecule has 0 aromatic heterocycles. The third-order valence-electron chi connectivity index (χ3n) is 0.926. The van der Waals surface area contributed by atoms with Crippen LogP contribution in [-0.2, 0) is 4.79 Å². The molecule has 0 bridgehead atoms. The first-order chi connectivity index (χ1) is 3.63. The summed E-state index contributed by atoms with van der Waals surface area (Å²) in [7, 11) is 0. The second-order valence-electron chi connectivity index (χ2n) is 2.30. The van der Waals surface area contributed by atoms with Gasteiger partial charge < -0.3 is 9.90 Å². The quantitative estimate of drug-likeness (QED) is 0.312. The molecule has 0 amide bonds. The molecule has 0 radical (unpaired) electrons. The Balaban J connectivity index is 0. The third-order valence-corrected chi connectivity index (χ3v) is 0.926. The molecule has 0 saturated carbocycles. The number of hydrogen-bond acceptors (Lipinski definition) is 2. The van der Waals surface area contributed by atoms with Crippen LogP contribution in [0.2, 0.25) is 0 Å². The van der Waals surface area contributed by atoms with Crippen LogP contribution in [0.4, 0.5) is 0 Å². The van der Waals surface area contributed by atoms with Gasteiger partial charge in [0, 0.05) is 5.97 Å². The molecule has 3 heteroatoms. The molecule has 0 N–H and O–H groups in total. The Bertz CT molecular complexity index is 81.1. The van der Waals surface area contributed by atoms with Gasteiger partial charge in [-0.25, -0.2) is 0 Å². The molecule has 48 valence electrons. The van der Waals surface area contributed by atoms with Crippen molar-refractivity contribution in [2.45, 2.75) is 26.7 Å². The summed E-state index contributed by atoms with van der Waals surface area (Å²) in [5, 5.41) is 9.79. The summed E-state index contributed by atoms with van der Waals surface area (Å²) in [5.74, 6) is -0.480. The van der Waals surface area contributed by atoms with Gasteiger partial charge >= 0.3 is 29.6 Å². The van der Waals surface area contributed by atoms with Crippen molar-refractivity contribution in [3.8, 4) is 0 Å². The molecule has 0 aromatic rings. The number of carbonyl (C=O) groups is 1. The van der Waals surface area contributed by atoms with Gasteiger partial charge in [0.1, 0.15) is 0 Å². The van der Waals surface area contributed by atoms with Gasteiger partial charge in [-0.05, 0) is 18.8 Å². The van der Waals surface area contributed by atoms with Gasteiger partial charge in [-0.15, -0.1) is 0 Å². The van der Waals surface area contributed by atoms with E-state index in [-0.39, 0.29) is 36.0 Å². The molecule has 2 nitrogen and oxygen atoms in total. The maximum absolute atomic E-state index is 9.79. The van der Waals surface area contributed by atoms with Gasteiger partial charge in [0.15, 0.2) is 0 Å². The van der Waals surface area contributed by atoms with Crippen LogP contribution in [0.3, 0.4) is 0 Å². The molecule has 0 atom stereocenters. The summed E-state index contributed by atoms with van der Waals surface area (Å²) in [6.07, 6.45) is 0.917. The Morgan fingerprint density at radius 1 is 1.56 bits per heavy atom. The van der Waals surface area contributed by atoms with Gasteiger partial charge in [0.2, 0.25) is 0 Å². The molecule has 0 unspecified atom stereocenters.